The van der Waals surface area contributed by atoms with Crippen LogP contribution in [-0.4, -0.2) is 23.1 Å². The average Bonchev–Trinajstić information content (AvgIpc) is 3.56. The van der Waals surface area contributed by atoms with Gasteiger partial charge in [0.05, 0.1) is 5.92 Å². The molecule has 1 fully saturated rings. The number of hydrogen-bond acceptors (Lipinski definition) is 5. The smallest absolute Gasteiger partial charge is 0.178 e. The molecule has 2 aliphatic rings. The van der Waals surface area contributed by atoms with Crippen molar-refractivity contribution in [3.63, 3.8) is 0 Å². The zero-order valence-corrected chi connectivity index (χ0v) is 21.3. The van der Waals surface area contributed by atoms with Crippen LogP contribution in [0, 0.1) is 11.3 Å². The fourth-order valence-corrected chi connectivity index (χ4v) is 7.21. The number of thiophene rings is 1. The molecule has 3 aromatic carbocycles. The van der Waals surface area contributed by atoms with Crippen molar-refractivity contribution in [2.75, 3.05) is 0 Å². The normalized spacial score (nSPS) is 22.2. The molecule has 3 atom stereocenters. The van der Waals surface area contributed by atoms with E-state index in [-0.39, 0.29) is 29.6 Å². The number of allylic oxidation sites excluding steroid dienone is 1. The van der Waals surface area contributed by atoms with Gasteiger partial charge in [0.2, 0.25) is 0 Å². The van der Waals surface area contributed by atoms with Gasteiger partial charge in [-0.05, 0) is 28.6 Å². The van der Waals surface area contributed by atoms with Crippen molar-refractivity contribution in [1.29, 1.82) is 0 Å². The number of ketones is 4. The first kappa shape index (κ1) is 24.1. The molecule has 0 bridgehead atoms. The molecule has 1 heterocycles. The largest absolute Gasteiger partial charge is 0.299 e. The maximum Gasteiger partial charge on any atom is 0.178 e. The highest BCUT2D eigenvalue weighted by molar-refractivity contribution is 7.10. The fourth-order valence-electron chi connectivity index (χ4n) is 6.27. The quantitative estimate of drug-likeness (QED) is 0.223. The van der Waals surface area contributed by atoms with E-state index in [1.165, 1.54) is 17.4 Å². The number of carbonyl (C=O) groups excluding carboxylic acids is 4. The Kier molecular flexibility index (Phi) is 6.09. The lowest BCUT2D eigenvalue weighted by Crippen LogP contribution is -2.54. The summed E-state index contributed by atoms with van der Waals surface area (Å²) in [4.78, 5) is 57.4. The van der Waals surface area contributed by atoms with Crippen LogP contribution in [0.15, 0.2) is 109 Å². The van der Waals surface area contributed by atoms with Crippen molar-refractivity contribution in [3.8, 4) is 0 Å². The van der Waals surface area contributed by atoms with E-state index in [0.717, 1.165) is 11.1 Å². The summed E-state index contributed by atoms with van der Waals surface area (Å²) in [6, 6.07) is 29.2. The van der Waals surface area contributed by atoms with Crippen LogP contribution in [0.25, 0.3) is 6.08 Å². The summed E-state index contributed by atoms with van der Waals surface area (Å²) in [7, 11) is 0. The zero-order valence-electron chi connectivity index (χ0n) is 20.5. The molecular weight excluding hydrogens is 492 g/mol. The number of hydrogen-bond donors (Lipinski definition) is 0. The van der Waals surface area contributed by atoms with Crippen molar-refractivity contribution in [1.82, 2.24) is 0 Å². The van der Waals surface area contributed by atoms with E-state index in [0.29, 0.717) is 16.0 Å². The molecule has 3 unspecified atom stereocenters. The van der Waals surface area contributed by atoms with Crippen molar-refractivity contribution in [3.05, 3.63) is 136 Å². The zero-order chi connectivity index (χ0) is 26.3. The Morgan fingerprint density at radius 3 is 1.97 bits per heavy atom. The number of fused-ring (bicyclic) bond motifs is 1. The van der Waals surface area contributed by atoms with Gasteiger partial charge in [-0.15, -0.1) is 11.3 Å². The monoisotopic (exact) mass is 516 g/mol. The van der Waals surface area contributed by atoms with Gasteiger partial charge in [-0.3, -0.25) is 19.2 Å². The van der Waals surface area contributed by atoms with Crippen LogP contribution in [0.2, 0.25) is 0 Å². The van der Waals surface area contributed by atoms with Gasteiger partial charge in [0.15, 0.2) is 17.3 Å². The van der Waals surface area contributed by atoms with Crippen LogP contribution in [0.5, 0.6) is 0 Å². The predicted molar refractivity (Wildman–Crippen MR) is 147 cm³/mol. The standard InChI is InChI=1S/C33H24O4S/c34-26(18-17-21-10-3-1-4-11-21)29-27(35)20-25(22-12-5-2-6-13-22)33(30(29)28-16-9-19-38-28)31(36)23-14-7-8-15-24(23)32(33)37/h1-19,25,29-30H,20H2/b18-17+. The summed E-state index contributed by atoms with van der Waals surface area (Å²) in [6.45, 7) is 0. The number of benzene rings is 3. The highest BCUT2D eigenvalue weighted by atomic mass is 32.1. The van der Waals surface area contributed by atoms with Crippen molar-refractivity contribution >= 4 is 40.5 Å². The average molecular weight is 517 g/mol. The molecule has 0 radical (unpaired) electrons. The molecule has 0 aliphatic heterocycles. The lowest BCUT2D eigenvalue weighted by atomic mass is 9.51. The van der Waals surface area contributed by atoms with E-state index in [9.17, 15) is 19.2 Å². The van der Waals surface area contributed by atoms with Crippen LogP contribution < -0.4 is 0 Å². The first-order valence-corrected chi connectivity index (χ1v) is 13.5. The van der Waals surface area contributed by atoms with Gasteiger partial charge in [-0.25, -0.2) is 0 Å². The number of carbonyl (C=O) groups is 4. The summed E-state index contributed by atoms with van der Waals surface area (Å²) >= 11 is 1.37. The fraction of sp³-hybridized carbons (Fsp3) is 0.152. The number of rotatable bonds is 5. The SMILES string of the molecule is O=C(/C=C/c1ccccc1)C1C(=O)CC(c2ccccc2)C2(C(=O)c3ccccc3C2=O)C1c1cccs1. The minimum atomic E-state index is -1.59. The van der Waals surface area contributed by atoms with Crippen LogP contribution in [0.4, 0.5) is 0 Å². The third-order valence-electron chi connectivity index (χ3n) is 7.89. The molecule has 5 heteroatoms. The molecule has 38 heavy (non-hydrogen) atoms. The maximum absolute atomic E-state index is 14.5. The Hall–Kier alpha value is -4.22. The molecule has 2 aliphatic carbocycles. The van der Waals surface area contributed by atoms with E-state index in [2.05, 4.69) is 0 Å². The molecule has 0 saturated heterocycles. The van der Waals surface area contributed by atoms with E-state index >= 15 is 0 Å². The molecular formula is C33H24O4S. The van der Waals surface area contributed by atoms with Crippen LogP contribution >= 0.6 is 11.3 Å². The molecule has 1 saturated carbocycles. The minimum Gasteiger partial charge on any atom is -0.299 e. The lowest BCUT2D eigenvalue weighted by Gasteiger charge is -2.47. The van der Waals surface area contributed by atoms with Crippen LogP contribution in [-0.2, 0) is 9.59 Å². The van der Waals surface area contributed by atoms with Crippen LogP contribution in [0.3, 0.4) is 0 Å². The van der Waals surface area contributed by atoms with Crippen molar-refractivity contribution in [2.24, 2.45) is 11.3 Å². The van der Waals surface area contributed by atoms with Gasteiger partial charge < -0.3 is 0 Å². The Morgan fingerprint density at radius 1 is 0.763 bits per heavy atom. The third kappa shape index (κ3) is 3.65. The molecule has 4 nitrogen and oxygen atoms in total. The van der Waals surface area contributed by atoms with E-state index < -0.39 is 23.2 Å². The Morgan fingerprint density at radius 2 is 1.37 bits per heavy atom. The van der Waals surface area contributed by atoms with Gasteiger partial charge >= 0.3 is 0 Å². The molecule has 0 N–H and O–H groups in total. The van der Waals surface area contributed by atoms with Crippen molar-refractivity contribution in [2.45, 2.75) is 18.3 Å². The van der Waals surface area contributed by atoms with Crippen molar-refractivity contribution < 1.29 is 19.2 Å². The molecule has 0 amide bonds. The molecule has 6 rings (SSSR count). The summed E-state index contributed by atoms with van der Waals surface area (Å²) < 4.78 is 0. The summed E-state index contributed by atoms with van der Waals surface area (Å²) in [5.74, 6) is -3.98. The van der Waals surface area contributed by atoms with Gasteiger partial charge in [-0.1, -0.05) is 97.1 Å². The third-order valence-corrected chi connectivity index (χ3v) is 8.85. The van der Waals surface area contributed by atoms with Gasteiger partial charge in [0.1, 0.15) is 11.2 Å². The first-order valence-electron chi connectivity index (χ1n) is 12.6. The second-order valence-electron chi connectivity index (χ2n) is 9.82. The lowest BCUT2D eigenvalue weighted by molar-refractivity contribution is -0.135. The highest BCUT2D eigenvalue weighted by Gasteiger charge is 2.68. The van der Waals surface area contributed by atoms with E-state index in [4.69, 9.17) is 0 Å². The van der Waals surface area contributed by atoms with Crippen LogP contribution in [0.1, 0.15) is 55.0 Å². The van der Waals surface area contributed by atoms with Gasteiger partial charge in [0.25, 0.3) is 0 Å². The minimum absolute atomic E-state index is 0.0626. The second kappa shape index (κ2) is 9.58. The Bertz CT molecular complexity index is 1530. The summed E-state index contributed by atoms with van der Waals surface area (Å²) in [6.07, 6.45) is 3.04. The van der Waals surface area contributed by atoms with Gasteiger partial charge in [0, 0.05) is 34.3 Å². The summed E-state index contributed by atoms with van der Waals surface area (Å²) in [5.41, 5.74) is 0.711. The second-order valence-corrected chi connectivity index (χ2v) is 10.8. The maximum atomic E-state index is 14.5. The van der Waals surface area contributed by atoms with Gasteiger partial charge in [-0.2, -0.15) is 0 Å². The first-order chi connectivity index (χ1) is 18.5. The summed E-state index contributed by atoms with van der Waals surface area (Å²) in [5, 5.41) is 1.86. The topological polar surface area (TPSA) is 68.3 Å². The molecule has 186 valence electrons. The molecule has 1 spiro atoms. The van der Waals surface area contributed by atoms with E-state index in [1.54, 1.807) is 30.3 Å². The highest BCUT2D eigenvalue weighted by Crippen LogP contribution is 2.62. The number of Topliss-reactive ketones (excluding diaryl/α,β-unsaturated/α-hetero) is 3. The Labute approximate surface area is 224 Å². The molecule has 1 aromatic heterocycles. The van der Waals surface area contributed by atoms with E-state index in [1.807, 2.05) is 78.2 Å². The molecule has 4 aromatic rings. The predicted octanol–water partition coefficient (Wildman–Crippen LogP) is 6.55. The Balaban J connectivity index is 1.57.